The molecule has 2 aromatic rings. The molecule has 8 heteroatoms. The average Bonchev–Trinajstić information content (AvgIpc) is 3.46. The summed E-state index contributed by atoms with van der Waals surface area (Å²) in [5.74, 6) is 0.116. The minimum absolute atomic E-state index is 0.0216. The van der Waals surface area contributed by atoms with Crippen molar-refractivity contribution in [1.82, 2.24) is 14.8 Å². The van der Waals surface area contributed by atoms with Gasteiger partial charge >= 0.3 is 0 Å². The maximum absolute atomic E-state index is 12.7. The van der Waals surface area contributed by atoms with E-state index in [1.54, 1.807) is 12.1 Å². The van der Waals surface area contributed by atoms with Gasteiger partial charge in [-0.2, -0.15) is 0 Å². The molecular weight excluding hydrogens is 400 g/mol. The van der Waals surface area contributed by atoms with Crippen LogP contribution in [0, 0.1) is 5.92 Å². The Morgan fingerprint density at radius 1 is 1.00 bits per heavy atom. The third-order valence-electron chi connectivity index (χ3n) is 5.76. The predicted molar refractivity (Wildman–Crippen MR) is 115 cm³/mol. The van der Waals surface area contributed by atoms with Gasteiger partial charge in [-0.1, -0.05) is 18.2 Å². The molecule has 3 amide bonds. The van der Waals surface area contributed by atoms with Gasteiger partial charge in [0.15, 0.2) is 5.13 Å². The SMILES string of the molecule is O=C(Nc1nc(CC(=O)N2CCC(C(=O)N3CCCC3)CC2)cs1)c1ccccc1. The van der Waals surface area contributed by atoms with Crippen molar-refractivity contribution in [2.75, 3.05) is 31.5 Å². The third-order valence-corrected chi connectivity index (χ3v) is 6.56. The number of nitrogens with zero attached hydrogens (tertiary/aromatic N) is 3. The molecule has 4 rings (SSSR count). The molecule has 158 valence electrons. The molecule has 2 saturated heterocycles. The molecule has 3 heterocycles. The number of carbonyl (C=O) groups is 3. The fourth-order valence-corrected chi connectivity index (χ4v) is 4.75. The van der Waals surface area contributed by atoms with E-state index < -0.39 is 0 Å². The van der Waals surface area contributed by atoms with Crippen molar-refractivity contribution in [1.29, 1.82) is 0 Å². The zero-order valence-electron chi connectivity index (χ0n) is 16.9. The van der Waals surface area contributed by atoms with Gasteiger partial charge in [-0.3, -0.25) is 19.7 Å². The number of thiazole rings is 1. The van der Waals surface area contributed by atoms with Gasteiger partial charge in [-0.05, 0) is 37.8 Å². The normalized spacial score (nSPS) is 17.2. The van der Waals surface area contributed by atoms with Crippen molar-refractivity contribution in [2.24, 2.45) is 5.92 Å². The molecule has 0 aliphatic carbocycles. The molecule has 0 spiro atoms. The van der Waals surface area contributed by atoms with Gasteiger partial charge in [0.1, 0.15) is 0 Å². The van der Waals surface area contributed by atoms with E-state index in [-0.39, 0.29) is 30.1 Å². The Labute approximate surface area is 180 Å². The topological polar surface area (TPSA) is 82.6 Å². The van der Waals surface area contributed by atoms with E-state index in [0.717, 1.165) is 38.8 Å². The van der Waals surface area contributed by atoms with E-state index in [9.17, 15) is 14.4 Å². The number of rotatable bonds is 5. The number of benzene rings is 1. The Hall–Kier alpha value is -2.74. The van der Waals surface area contributed by atoms with Gasteiger partial charge in [0, 0.05) is 43.0 Å². The van der Waals surface area contributed by atoms with E-state index in [1.165, 1.54) is 11.3 Å². The number of likely N-dealkylation sites (tertiary alicyclic amines) is 2. The molecule has 1 N–H and O–H groups in total. The zero-order chi connectivity index (χ0) is 20.9. The minimum atomic E-state index is -0.215. The molecule has 0 atom stereocenters. The predicted octanol–water partition coefficient (Wildman–Crippen LogP) is 2.80. The van der Waals surface area contributed by atoms with Crippen molar-refractivity contribution in [3.05, 3.63) is 47.0 Å². The standard InChI is InChI=1S/C22H26N4O3S/c27-19(25-12-8-17(9-13-25)21(29)26-10-4-5-11-26)14-18-15-30-22(23-18)24-20(28)16-6-2-1-3-7-16/h1-3,6-7,15,17H,4-5,8-14H2,(H,23,24,28). The lowest BCUT2D eigenvalue weighted by atomic mass is 9.95. The quantitative estimate of drug-likeness (QED) is 0.797. The zero-order valence-corrected chi connectivity index (χ0v) is 17.7. The molecule has 0 radical (unpaired) electrons. The molecule has 1 aromatic carbocycles. The number of anilines is 1. The molecule has 0 bridgehead atoms. The van der Waals surface area contributed by atoms with Crippen LogP contribution in [0.2, 0.25) is 0 Å². The Morgan fingerprint density at radius 2 is 1.70 bits per heavy atom. The molecule has 0 saturated carbocycles. The largest absolute Gasteiger partial charge is 0.342 e. The maximum Gasteiger partial charge on any atom is 0.257 e. The van der Waals surface area contributed by atoms with Crippen LogP contribution in [-0.2, 0) is 16.0 Å². The van der Waals surface area contributed by atoms with Crippen molar-refractivity contribution in [3.63, 3.8) is 0 Å². The summed E-state index contributed by atoms with van der Waals surface area (Å²) in [5.41, 5.74) is 1.22. The van der Waals surface area contributed by atoms with E-state index in [2.05, 4.69) is 10.3 Å². The number of nitrogens with one attached hydrogen (secondary N) is 1. The molecule has 7 nitrogen and oxygen atoms in total. The fraction of sp³-hybridized carbons (Fsp3) is 0.455. The lowest BCUT2D eigenvalue weighted by molar-refractivity contribution is -0.139. The first kappa shape index (κ1) is 20.5. The number of hydrogen-bond acceptors (Lipinski definition) is 5. The Bertz CT molecular complexity index is 900. The maximum atomic E-state index is 12.7. The minimum Gasteiger partial charge on any atom is -0.342 e. The van der Waals surface area contributed by atoms with Gasteiger partial charge in [0.05, 0.1) is 12.1 Å². The van der Waals surface area contributed by atoms with Crippen molar-refractivity contribution >= 4 is 34.2 Å². The summed E-state index contributed by atoms with van der Waals surface area (Å²) in [4.78, 5) is 45.6. The third kappa shape index (κ3) is 4.87. The van der Waals surface area contributed by atoms with Crippen LogP contribution in [0.3, 0.4) is 0 Å². The first-order valence-electron chi connectivity index (χ1n) is 10.5. The van der Waals surface area contributed by atoms with Crippen LogP contribution in [0.15, 0.2) is 35.7 Å². The van der Waals surface area contributed by atoms with Gasteiger partial charge in [-0.25, -0.2) is 4.98 Å². The summed E-state index contributed by atoms with van der Waals surface area (Å²) < 4.78 is 0. The molecular formula is C22H26N4O3S. The smallest absolute Gasteiger partial charge is 0.257 e. The lowest BCUT2D eigenvalue weighted by Gasteiger charge is -2.33. The fourth-order valence-electron chi connectivity index (χ4n) is 4.04. The second kappa shape index (κ2) is 9.38. The monoisotopic (exact) mass is 426 g/mol. The molecule has 2 fully saturated rings. The summed E-state index contributed by atoms with van der Waals surface area (Å²) in [5, 5.41) is 5.07. The highest BCUT2D eigenvalue weighted by Gasteiger charge is 2.31. The molecule has 2 aliphatic heterocycles. The van der Waals surface area contributed by atoms with Crippen LogP contribution in [0.4, 0.5) is 5.13 Å². The van der Waals surface area contributed by atoms with Crippen LogP contribution < -0.4 is 5.32 Å². The number of hydrogen-bond donors (Lipinski definition) is 1. The number of amides is 3. The highest BCUT2D eigenvalue weighted by Crippen LogP contribution is 2.23. The van der Waals surface area contributed by atoms with Crippen LogP contribution in [0.5, 0.6) is 0 Å². The van der Waals surface area contributed by atoms with Crippen LogP contribution in [-0.4, -0.2) is 58.7 Å². The van der Waals surface area contributed by atoms with Crippen molar-refractivity contribution in [2.45, 2.75) is 32.1 Å². The highest BCUT2D eigenvalue weighted by molar-refractivity contribution is 7.14. The first-order valence-corrected chi connectivity index (χ1v) is 11.4. The van der Waals surface area contributed by atoms with E-state index in [4.69, 9.17) is 0 Å². The van der Waals surface area contributed by atoms with Gasteiger partial charge < -0.3 is 9.80 Å². The Morgan fingerprint density at radius 3 is 2.40 bits per heavy atom. The molecule has 1 aromatic heterocycles. The van der Waals surface area contributed by atoms with Crippen LogP contribution >= 0.6 is 11.3 Å². The average molecular weight is 427 g/mol. The summed E-state index contributed by atoms with van der Waals surface area (Å²) in [6, 6.07) is 8.96. The number of aromatic nitrogens is 1. The molecule has 30 heavy (non-hydrogen) atoms. The molecule has 0 unspecified atom stereocenters. The van der Waals surface area contributed by atoms with Crippen LogP contribution in [0.1, 0.15) is 41.7 Å². The summed E-state index contributed by atoms with van der Waals surface area (Å²) in [7, 11) is 0. The summed E-state index contributed by atoms with van der Waals surface area (Å²) in [6.45, 7) is 2.99. The van der Waals surface area contributed by atoms with E-state index >= 15 is 0 Å². The lowest BCUT2D eigenvalue weighted by Crippen LogP contribution is -2.44. The summed E-state index contributed by atoms with van der Waals surface area (Å²) >= 11 is 1.32. The van der Waals surface area contributed by atoms with Crippen molar-refractivity contribution < 1.29 is 14.4 Å². The van der Waals surface area contributed by atoms with E-state index in [0.29, 0.717) is 29.5 Å². The molecule has 2 aliphatic rings. The highest BCUT2D eigenvalue weighted by atomic mass is 32.1. The second-order valence-corrected chi connectivity index (χ2v) is 8.69. The van der Waals surface area contributed by atoms with Gasteiger partial charge in [0.2, 0.25) is 11.8 Å². The number of carbonyl (C=O) groups excluding carboxylic acids is 3. The van der Waals surface area contributed by atoms with Gasteiger partial charge in [-0.15, -0.1) is 11.3 Å². The number of piperidine rings is 1. The Kier molecular flexibility index (Phi) is 6.42. The van der Waals surface area contributed by atoms with Crippen LogP contribution in [0.25, 0.3) is 0 Å². The van der Waals surface area contributed by atoms with Crippen molar-refractivity contribution in [3.8, 4) is 0 Å². The van der Waals surface area contributed by atoms with Gasteiger partial charge in [0.25, 0.3) is 5.91 Å². The summed E-state index contributed by atoms with van der Waals surface area (Å²) in [6.07, 6.45) is 3.88. The Balaban J connectivity index is 1.26. The van der Waals surface area contributed by atoms with E-state index in [1.807, 2.05) is 33.4 Å². The second-order valence-electron chi connectivity index (χ2n) is 7.83. The first-order chi connectivity index (χ1) is 14.6.